The highest BCUT2D eigenvalue weighted by molar-refractivity contribution is 6.30. The van der Waals surface area contributed by atoms with E-state index in [0.717, 1.165) is 5.56 Å². The van der Waals surface area contributed by atoms with Crippen LogP contribution in [0.2, 0.25) is 5.02 Å². The second kappa shape index (κ2) is 6.76. The summed E-state index contributed by atoms with van der Waals surface area (Å²) in [6, 6.07) is 13.9. The molecule has 0 aliphatic heterocycles. The molecular formula is C15H14ClN3O2. The summed E-state index contributed by atoms with van der Waals surface area (Å²) >= 11 is 5.88. The second-order valence-electron chi connectivity index (χ2n) is 4.42. The molecule has 0 unspecified atom stereocenters. The van der Waals surface area contributed by atoms with Crippen molar-refractivity contribution in [1.29, 1.82) is 0 Å². The molecule has 1 amide bonds. The van der Waals surface area contributed by atoms with E-state index in [-0.39, 0.29) is 18.2 Å². The van der Waals surface area contributed by atoms with Gasteiger partial charge in [-0.05, 0) is 29.8 Å². The van der Waals surface area contributed by atoms with Gasteiger partial charge in [-0.2, -0.15) is 0 Å². The largest absolute Gasteiger partial charge is 0.409 e. The number of amides is 1. The van der Waals surface area contributed by atoms with Crippen molar-refractivity contribution >= 4 is 29.0 Å². The van der Waals surface area contributed by atoms with E-state index in [0.29, 0.717) is 16.3 Å². The summed E-state index contributed by atoms with van der Waals surface area (Å²) in [6.45, 7) is 0. The van der Waals surface area contributed by atoms with Gasteiger partial charge in [0.1, 0.15) is 0 Å². The van der Waals surface area contributed by atoms with Crippen molar-refractivity contribution in [3.63, 3.8) is 0 Å². The Balaban J connectivity index is 2.06. The minimum atomic E-state index is -0.172. The van der Waals surface area contributed by atoms with Crippen molar-refractivity contribution in [2.24, 2.45) is 10.9 Å². The number of nitrogens with zero attached hydrogens (tertiary/aromatic N) is 1. The third-order valence-corrected chi connectivity index (χ3v) is 3.04. The molecule has 21 heavy (non-hydrogen) atoms. The van der Waals surface area contributed by atoms with Crippen LogP contribution in [0.1, 0.15) is 11.1 Å². The average Bonchev–Trinajstić information content (AvgIpc) is 2.46. The normalized spacial score (nSPS) is 11.2. The fourth-order valence-corrected chi connectivity index (χ4v) is 2.06. The van der Waals surface area contributed by atoms with Crippen molar-refractivity contribution < 1.29 is 10.0 Å². The standard InChI is InChI=1S/C15H14ClN3O2/c16-12-5-1-3-10(7-12)8-14(20)18-13-6-2-4-11(9-13)15(17)19-21/h1-7,9,21H,8H2,(H2,17,19)(H,18,20). The summed E-state index contributed by atoms with van der Waals surface area (Å²) in [5, 5.41) is 14.9. The third kappa shape index (κ3) is 4.22. The zero-order valence-corrected chi connectivity index (χ0v) is 11.8. The van der Waals surface area contributed by atoms with E-state index >= 15 is 0 Å². The fraction of sp³-hybridized carbons (Fsp3) is 0.0667. The molecule has 2 aromatic rings. The number of benzene rings is 2. The van der Waals surface area contributed by atoms with Gasteiger partial charge in [0.15, 0.2) is 5.84 Å². The van der Waals surface area contributed by atoms with Crippen LogP contribution in [0, 0.1) is 0 Å². The number of halogens is 1. The summed E-state index contributed by atoms with van der Waals surface area (Å²) in [7, 11) is 0. The lowest BCUT2D eigenvalue weighted by molar-refractivity contribution is -0.115. The molecule has 0 fully saturated rings. The topological polar surface area (TPSA) is 87.7 Å². The highest BCUT2D eigenvalue weighted by atomic mass is 35.5. The van der Waals surface area contributed by atoms with Gasteiger partial charge in [-0.1, -0.05) is 41.0 Å². The van der Waals surface area contributed by atoms with Crippen molar-refractivity contribution in [3.8, 4) is 0 Å². The van der Waals surface area contributed by atoms with Crippen LogP contribution in [0.5, 0.6) is 0 Å². The van der Waals surface area contributed by atoms with Gasteiger partial charge < -0.3 is 16.3 Å². The Morgan fingerprint density at radius 3 is 2.71 bits per heavy atom. The number of hydrogen-bond acceptors (Lipinski definition) is 3. The van der Waals surface area contributed by atoms with Crippen LogP contribution in [-0.2, 0) is 11.2 Å². The monoisotopic (exact) mass is 303 g/mol. The van der Waals surface area contributed by atoms with E-state index in [9.17, 15) is 4.79 Å². The number of anilines is 1. The van der Waals surface area contributed by atoms with Crippen LogP contribution in [0.15, 0.2) is 53.7 Å². The number of hydrogen-bond donors (Lipinski definition) is 3. The van der Waals surface area contributed by atoms with Gasteiger partial charge >= 0.3 is 0 Å². The van der Waals surface area contributed by atoms with Gasteiger partial charge in [-0.25, -0.2) is 0 Å². The quantitative estimate of drug-likeness (QED) is 0.351. The van der Waals surface area contributed by atoms with Crippen LogP contribution >= 0.6 is 11.6 Å². The molecule has 0 aromatic heterocycles. The molecule has 108 valence electrons. The van der Waals surface area contributed by atoms with Gasteiger partial charge in [0.2, 0.25) is 5.91 Å². The van der Waals surface area contributed by atoms with E-state index < -0.39 is 0 Å². The first-order chi connectivity index (χ1) is 10.1. The number of nitrogens with one attached hydrogen (secondary N) is 1. The Morgan fingerprint density at radius 2 is 2.00 bits per heavy atom. The highest BCUT2D eigenvalue weighted by Crippen LogP contribution is 2.13. The van der Waals surface area contributed by atoms with E-state index in [1.807, 2.05) is 6.07 Å². The molecule has 0 spiro atoms. The zero-order chi connectivity index (χ0) is 15.2. The number of carbonyl (C=O) groups excluding carboxylic acids is 1. The smallest absolute Gasteiger partial charge is 0.228 e. The molecule has 5 nitrogen and oxygen atoms in total. The number of oxime groups is 1. The molecule has 0 bridgehead atoms. The molecule has 6 heteroatoms. The van der Waals surface area contributed by atoms with Gasteiger partial charge in [0.05, 0.1) is 6.42 Å². The first-order valence-corrected chi connectivity index (χ1v) is 6.58. The summed E-state index contributed by atoms with van der Waals surface area (Å²) < 4.78 is 0. The Morgan fingerprint density at radius 1 is 1.24 bits per heavy atom. The molecule has 0 saturated heterocycles. The van der Waals surface area contributed by atoms with Crippen LogP contribution in [0.4, 0.5) is 5.69 Å². The fourth-order valence-electron chi connectivity index (χ4n) is 1.85. The maximum atomic E-state index is 12.0. The molecule has 2 aromatic carbocycles. The Bertz CT molecular complexity index is 686. The zero-order valence-electron chi connectivity index (χ0n) is 11.1. The lowest BCUT2D eigenvalue weighted by Gasteiger charge is -2.07. The predicted molar refractivity (Wildman–Crippen MR) is 82.7 cm³/mol. The molecule has 0 saturated carbocycles. The van der Waals surface area contributed by atoms with Crippen molar-refractivity contribution in [1.82, 2.24) is 0 Å². The lowest BCUT2D eigenvalue weighted by atomic mass is 10.1. The Kier molecular flexibility index (Phi) is 4.79. The first-order valence-electron chi connectivity index (χ1n) is 6.21. The maximum absolute atomic E-state index is 12.0. The number of rotatable bonds is 4. The molecule has 0 heterocycles. The van der Waals surface area contributed by atoms with Gasteiger partial charge in [0.25, 0.3) is 0 Å². The number of carbonyl (C=O) groups is 1. The van der Waals surface area contributed by atoms with Crippen molar-refractivity contribution in [2.45, 2.75) is 6.42 Å². The first kappa shape index (κ1) is 14.9. The van der Waals surface area contributed by atoms with E-state index in [2.05, 4.69) is 10.5 Å². The Labute approximate surface area is 127 Å². The minimum absolute atomic E-state index is 0.0130. The lowest BCUT2D eigenvalue weighted by Crippen LogP contribution is -2.16. The maximum Gasteiger partial charge on any atom is 0.228 e. The molecule has 0 aliphatic carbocycles. The second-order valence-corrected chi connectivity index (χ2v) is 4.86. The number of nitrogens with two attached hydrogens (primary N) is 1. The van der Waals surface area contributed by atoms with Crippen LogP contribution in [0.25, 0.3) is 0 Å². The Hall–Kier alpha value is -2.53. The summed E-state index contributed by atoms with van der Waals surface area (Å²) in [5.74, 6) is -0.185. The SMILES string of the molecule is NC(=NO)c1cccc(NC(=O)Cc2cccc(Cl)c2)c1. The van der Waals surface area contributed by atoms with Gasteiger partial charge in [-0.3, -0.25) is 4.79 Å². The summed E-state index contributed by atoms with van der Waals surface area (Å²) in [5.41, 5.74) is 7.43. The number of amidine groups is 1. The minimum Gasteiger partial charge on any atom is -0.409 e. The third-order valence-electron chi connectivity index (χ3n) is 2.80. The van der Waals surface area contributed by atoms with E-state index in [4.69, 9.17) is 22.5 Å². The van der Waals surface area contributed by atoms with Crippen LogP contribution in [-0.4, -0.2) is 17.0 Å². The van der Waals surface area contributed by atoms with Gasteiger partial charge in [0, 0.05) is 16.3 Å². The molecular weight excluding hydrogens is 290 g/mol. The molecule has 0 aliphatic rings. The molecule has 0 radical (unpaired) electrons. The summed E-state index contributed by atoms with van der Waals surface area (Å²) in [4.78, 5) is 12.0. The molecule has 4 N–H and O–H groups in total. The highest BCUT2D eigenvalue weighted by Gasteiger charge is 2.06. The van der Waals surface area contributed by atoms with E-state index in [1.54, 1.807) is 42.5 Å². The molecule has 0 atom stereocenters. The van der Waals surface area contributed by atoms with E-state index in [1.165, 1.54) is 0 Å². The van der Waals surface area contributed by atoms with Crippen molar-refractivity contribution in [3.05, 3.63) is 64.7 Å². The van der Waals surface area contributed by atoms with Crippen LogP contribution in [0.3, 0.4) is 0 Å². The van der Waals surface area contributed by atoms with Gasteiger partial charge in [-0.15, -0.1) is 0 Å². The van der Waals surface area contributed by atoms with Crippen molar-refractivity contribution in [2.75, 3.05) is 5.32 Å². The predicted octanol–water partition coefficient (Wildman–Crippen LogP) is 2.62. The average molecular weight is 304 g/mol. The van der Waals surface area contributed by atoms with Crippen LogP contribution < -0.4 is 11.1 Å². The molecule has 2 rings (SSSR count). The summed E-state index contributed by atoms with van der Waals surface area (Å²) in [6.07, 6.45) is 0.217.